The summed E-state index contributed by atoms with van der Waals surface area (Å²) >= 11 is 0. The average Bonchev–Trinajstić information content (AvgIpc) is 2.28. The van der Waals surface area contributed by atoms with Gasteiger partial charge in [0, 0.05) is 0 Å². The second kappa shape index (κ2) is 5.35. The van der Waals surface area contributed by atoms with Crippen LogP contribution < -0.4 is 10.6 Å². The summed E-state index contributed by atoms with van der Waals surface area (Å²) < 4.78 is 48.6. The summed E-state index contributed by atoms with van der Waals surface area (Å²) in [5.41, 5.74) is -0.276. The van der Waals surface area contributed by atoms with Crippen molar-refractivity contribution >= 4 is 11.7 Å². The van der Waals surface area contributed by atoms with Crippen LogP contribution in [0.2, 0.25) is 0 Å². The Hall–Kier alpha value is -2.30. The van der Waals surface area contributed by atoms with Crippen LogP contribution in [0.1, 0.15) is 5.56 Å². The maximum atomic E-state index is 13.3. The van der Waals surface area contributed by atoms with Gasteiger partial charge in [-0.2, -0.15) is 18.4 Å². The average molecular weight is 261 g/mol. The normalized spacial score (nSPS) is 10.6. The number of nitrogens with one attached hydrogen (secondary N) is 2. The fourth-order valence-electron chi connectivity index (χ4n) is 1.03. The molecule has 2 amide bonds. The third-order valence-electron chi connectivity index (χ3n) is 1.80. The molecule has 0 aromatic heterocycles. The molecule has 0 saturated heterocycles. The number of alkyl halides is 3. The van der Waals surface area contributed by atoms with Crippen molar-refractivity contribution in [1.29, 1.82) is 5.26 Å². The Morgan fingerprint density at radius 1 is 1.39 bits per heavy atom. The van der Waals surface area contributed by atoms with E-state index in [0.717, 1.165) is 12.1 Å². The molecule has 0 atom stereocenters. The van der Waals surface area contributed by atoms with Gasteiger partial charge in [0.15, 0.2) is 0 Å². The lowest BCUT2D eigenvalue weighted by molar-refractivity contribution is -0.122. The second-order valence-corrected chi connectivity index (χ2v) is 3.23. The summed E-state index contributed by atoms with van der Waals surface area (Å²) in [5.74, 6) is -0.906. The Balaban J connectivity index is 2.63. The molecule has 4 nitrogen and oxygen atoms in total. The number of hydrogen-bond donors (Lipinski definition) is 2. The van der Waals surface area contributed by atoms with Crippen molar-refractivity contribution in [2.45, 2.75) is 6.18 Å². The number of hydrogen-bond acceptors (Lipinski definition) is 2. The van der Waals surface area contributed by atoms with Crippen molar-refractivity contribution in [3.05, 3.63) is 29.6 Å². The van der Waals surface area contributed by atoms with E-state index in [9.17, 15) is 22.4 Å². The second-order valence-electron chi connectivity index (χ2n) is 3.23. The van der Waals surface area contributed by atoms with Crippen LogP contribution in [0.4, 0.5) is 28.0 Å². The molecule has 0 bridgehead atoms. The zero-order chi connectivity index (χ0) is 13.8. The smallest absolute Gasteiger partial charge is 0.329 e. The highest BCUT2D eigenvalue weighted by Gasteiger charge is 2.27. The van der Waals surface area contributed by atoms with E-state index in [4.69, 9.17) is 5.26 Å². The number of nitrogens with zero attached hydrogens (tertiary/aromatic N) is 1. The van der Waals surface area contributed by atoms with E-state index < -0.39 is 24.6 Å². The molecule has 8 heteroatoms. The fraction of sp³-hybridized carbons (Fsp3) is 0.200. The van der Waals surface area contributed by atoms with Gasteiger partial charge in [0.1, 0.15) is 12.4 Å². The van der Waals surface area contributed by atoms with E-state index in [-0.39, 0.29) is 11.3 Å². The van der Waals surface area contributed by atoms with Gasteiger partial charge < -0.3 is 10.6 Å². The van der Waals surface area contributed by atoms with E-state index in [1.807, 2.05) is 5.32 Å². The molecule has 0 radical (unpaired) electrons. The number of carbonyl (C=O) groups excluding carboxylic acids is 1. The van der Waals surface area contributed by atoms with Crippen molar-refractivity contribution in [3.8, 4) is 6.07 Å². The molecular weight excluding hydrogens is 254 g/mol. The Kier molecular flexibility index (Phi) is 4.09. The van der Waals surface area contributed by atoms with Gasteiger partial charge in [-0.25, -0.2) is 9.18 Å². The van der Waals surface area contributed by atoms with Gasteiger partial charge in [-0.15, -0.1) is 0 Å². The van der Waals surface area contributed by atoms with Gasteiger partial charge >= 0.3 is 12.2 Å². The fourth-order valence-corrected chi connectivity index (χ4v) is 1.03. The van der Waals surface area contributed by atoms with Crippen LogP contribution in [0.25, 0.3) is 0 Å². The predicted molar refractivity (Wildman–Crippen MR) is 54.2 cm³/mol. The van der Waals surface area contributed by atoms with E-state index in [1.165, 1.54) is 11.4 Å². The molecule has 0 saturated carbocycles. The highest BCUT2D eigenvalue weighted by atomic mass is 19.4. The van der Waals surface area contributed by atoms with Crippen LogP contribution in [-0.4, -0.2) is 18.8 Å². The van der Waals surface area contributed by atoms with Crippen molar-refractivity contribution in [1.82, 2.24) is 5.32 Å². The number of halogens is 4. The van der Waals surface area contributed by atoms with E-state index in [2.05, 4.69) is 0 Å². The Bertz CT molecular complexity index is 493. The number of amides is 2. The number of rotatable bonds is 2. The van der Waals surface area contributed by atoms with Crippen molar-refractivity contribution < 1.29 is 22.4 Å². The van der Waals surface area contributed by atoms with Crippen molar-refractivity contribution in [3.63, 3.8) is 0 Å². The SMILES string of the molecule is N#Cc1ccc(NC(=O)NCC(F)(F)F)c(F)c1. The highest BCUT2D eigenvalue weighted by molar-refractivity contribution is 5.89. The minimum absolute atomic E-state index is 0.0359. The summed E-state index contributed by atoms with van der Waals surface area (Å²) in [4.78, 5) is 11.0. The Morgan fingerprint density at radius 2 is 2.06 bits per heavy atom. The summed E-state index contributed by atoms with van der Waals surface area (Å²) in [6.07, 6.45) is -4.54. The van der Waals surface area contributed by atoms with Gasteiger partial charge in [-0.05, 0) is 18.2 Å². The summed E-state index contributed by atoms with van der Waals surface area (Å²) in [6, 6.07) is 3.66. The molecule has 18 heavy (non-hydrogen) atoms. The number of urea groups is 1. The Morgan fingerprint density at radius 3 is 2.56 bits per heavy atom. The van der Waals surface area contributed by atoms with Crippen LogP contribution in [0.15, 0.2) is 18.2 Å². The van der Waals surface area contributed by atoms with Gasteiger partial charge in [-0.3, -0.25) is 0 Å². The third kappa shape index (κ3) is 4.29. The maximum Gasteiger partial charge on any atom is 0.405 e. The van der Waals surface area contributed by atoms with Crippen LogP contribution >= 0.6 is 0 Å². The maximum absolute atomic E-state index is 13.3. The quantitative estimate of drug-likeness (QED) is 0.803. The first-order valence-electron chi connectivity index (χ1n) is 4.63. The third-order valence-corrected chi connectivity index (χ3v) is 1.80. The molecule has 0 heterocycles. The van der Waals surface area contributed by atoms with Gasteiger partial charge in [-0.1, -0.05) is 0 Å². The number of nitriles is 1. The highest BCUT2D eigenvalue weighted by Crippen LogP contribution is 2.16. The lowest BCUT2D eigenvalue weighted by Crippen LogP contribution is -2.36. The zero-order valence-electron chi connectivity index (χ0n) is 8.81. The van der Waals surface area contributed by atoms with Gasteiger partial charge in [0.2, 0.25) is 0 Å². The van der Waals surface area contributed by atoms with Crippen molar-refractivity contribution in [2.75, 3.05) is 11.9 Å². The van der Waals surface area contributed by atoms with Crippen LogP contribution in [-0.2, 0) is 0 Å². The zero-order valence-corrected chi connectivity index (χ0v) is 8.81. The first-order chi connectivity index (χ1) is 8.31. The molecule has 1 aromatic rings. The molecule has 0 aliphatic heterocycles. The summed E-state index contributed by atoms with van der Waals surface area (Å²) in [5, 5.41) is 11.9. The van der Waals surface area contributed by atoms with Gasteiger partial charge in [0.25, 0.3) is 0 Å². The van der Waals surface area contributed by atoms with E-state index in [0.29, 0.717) is 0 Å². The largest absolute Gasteiger partial charge is 0.405 e. The molecule has 0 aliphatic rings. The molecule has 2 N–H and O–H groups in total. The molecule has 0 unspecified atom stereocenters. The number of benzene rings is 1. The van der Waals surface area contributed by atoms with Gasteiger partial charge in [0.05, 0.1) is 17.3 Å². The van der Waals surface area contributed by atoms with E-state index in [1.54, 1.807) is 6.07 Å². The first-order valence-corrected chi connectivity index (χ1v) is 4.63. The number of carbonyl (C=O) groups is 1. The Labute approximate surface area is 99.2 Å². The number of anilines is 1. The molecule has 1 rings (SSSR count). The van der Waals surface area contributed by atoms with Crippen LogP contribution in [0, 0.1) is 17.1 Å². The molecule has 0 spiro atoms. The minimum Gasteiger partial charge on any atom is -0.329 e. The van der Waals surface area contributed by atoms with Crippen LogP contribution in [0.3, 0.4) is 0 Å². The summed E-state index contributed by atoms with van der Waals surface area (Å²) in [7, 11) is 0. The first kappa shape index (κ1) is 13.8. The molecule has 0 aliphatic carbocycles. The lowest BCUT2D eigenvalue weighted by Gasteiger charge is -2.10. The molecule has 0 fully saturated rings. The van der Waals surface area contributed by atoms with Crippen LogP contribution in [0.5, 0.6) is 0 Å². The topological polar surface area (TPSA) is 64.9 Å². The molecule has 96 valence electrons. The standard InChI is InChI=1S/C10H7F4N3O/c11-7-3-6(4-15)1-2-8(7)17-9(18)16-5-10(12,13)14/h1-3H,5H2,(H2,16,17,18). The monoisotopic (exact) mass is 261 g/mol. The predicted octanol–water partition coefficient (Wildman–Crippen LogP) is 2.38. The van der Waals surface area contributed by atoms with Crippen molar-refractivity contribution in [2.24, 2.45) is 0 Å². The molecule has 1 aromatic carbocycles. The summed E-state index contributed by atoms with van der Waals surface area (Å²) in [6.45, 7) is -1.52. The minimum atomic E-state index is -4.54. The van der Waals surface area contributed by atoms with E-state index >= 15 is 0 Å². The molecular formula is C10H7F4N3O. The lowest BCUT2D eigenvalue weighted by atomic mass is 10.2.